The summed E-state index contributed by atoms with van der Waals surface area (Å²) in [6.45, 7) is 1.27. The van der Waals surface area contributed by atoms with Crippen LogP contribution < -0.4 is 14.8 Å². The molecule has 1 heterocycles. The van der Waals surface area contributed by atoms with E-state index in [0.717, 1.165) is 16.9 Å². The summed E-state index contributed by atoms with van der Waals surface area (Å²) >= 11 is 1.04. The summed E-state index contributed by atoms with van der Waals surface area (Å²) in [6.07, 6.45) is 0. The molecular weight excluding hydrogens is 358 g/mol. The van der Waals surface area contributed by atoms with E-state index in [9.17, 15) is 14.4 Å². The Morgan fingerprint density at radius 2 is 1.69 bits per heavy atom. The second-order valence-electron chi connectivity index (χ2n) is 5.26. The number of hydrogen-bond acceptors (Lipinski definition) is 7. The Morgan fingerprint density at radius 3 is 2.31 bits per heavy atom. The number of ketones is 1. The fraction of sp³-hybridized carbons (Fsp3) is 0.278. The van der Waals surface area contributed by atoms with Gasteiger partial charge >= 0.3 is 5.97 Å². The first-order valence-electron chi connectivity index (χ1n) is 7.70. The quantitative estimate of drug-likeness (QED) is 0.561. The monoisotopic (exact) mass is 377 g/mol. The molecule has 1 aromatic heterocycles. The molecule has 0 radical (unpaired) electrons. The Labute approximate surface area is 154 Å². The van der Waals surface area contributed by atoms with Gasteiger partial charge < -0.3 is 19.5 Å². The molecule has 2 aromatic rings. The largest absolute Gasteiger partial charge is 0.493 e. The van der Waals surface area contributed by atoms with E-state index in [1.807, 2.05) is 0 Å². The topological polar surface area (TPSA) is 90.9 Å². The molecule has 0 unspecified atom stereocenters. The first-order chi connectivity index (χ1) is 12.4. The van der Waals surface area contributed by atoms with Crippen molar-refractivity contribution in [2.45, 2.75) is 13.5 Å². The van der Waals surface area contributed by atoms with Crippen LogP contribution in [0.4, 0.5) is 0 Å². The number of rotatable bonds is 8. The molecule has 1 amide bonds. The highest BCUT2D eigenvalue weighted by molar-refractivity contribution is 7.15. The van der Waals surface area contributed by atoms with Crippen LogP contribution in [0.1, 0.15) is 31.8 Å². The van der Waals surface area contributed by atoms with Crippen molar-refractivity contribution in [1.29, 1.82) is 0 Å². The standard InChI is InChI=1S/C18H19NO6S/c1-11(20)15-6-7-16(26-15)18(22)25-10-17(21)19-9-12-4-5-13(23-2)14(8-12)24-3/h4-8H,9-10H2,1-3H3,(H,19,21). The van der Waals surface area contributed by atoms with Crippen molar-refractivity contribution in [3.8, 4) is 11.5 Å². The average molecular weight is 377 g/mol. The highest BCUT2D eigenvalue weighted by atomic mass is 32.1. The molecule has 0 bridgehead atoms. The summed E-state index contributed by atoms with van der Waals surface area (Å²) in [6, 6.07) is 8.35. The number of esters is 1. The van der Waals surface area contributed by atoms with E-state index in [1.54, 1.807) is 31.4 Å². The highest BCUT2D eigenvalue weighted by Crippen LogP contribution is 2.27. The predicted molar refractivity (Wildman–Crippen MR) is 96.0 cm³/mol. The van der Waals surface area contributed by atoms with E-state index in [1.165, 1.54) is 20.1 Å². The first-order valence-corrected chi connectivity index (χ1v) is 8.51. The Balaban J connectivity index is 1.83. The molecule has 26 heavy (non-hydrogen) atoms. The minimum atomic E-state index is -0.635. The van der Waals surface area contributed by atoms with Gasteiger partial charge in [0.05, 0.1) is 19.1 Å². The predicted octanol–water partition coefficient (Wildman–Crippen LogP) is 2.44. The van der Waals surface area contributed by atoms with Gasteiger partial charge in [-0.25, -0.2) is 4.79 Å². The Hall–Kier alpha value is -2.87. The summed E-state index contributed by atoms with van der Waals surface area (Å²) in [5, 5.41) is 2.65. The van der Waals surface area contributed by atoms with Crippen LogP contribution in [0.3, 0.4) is 0 Å². The molecule has 1 aromatic carbocycles. The normalized spacial score (nSPS) is 10.1. The second-order valence-corrected chi connectivity index (χ2v) is 6.35. The number of benzene rings is 1. The van der Waals surface area contributed by atoms with Gasteiger partial charge in [0.25, 0.3) is 5.91 Å². The number of methoxy groups -OCH3 is 2. The van der Waals surface area contributed by atoms with Gasteiger partial charge in [-0.3, -0.25) is 9.59 Å². The van der Waals surface area contributed by atoms with E-state index in [0.29, 0.717) is 16.4 Å². The molecule has 0 aliphatic heterocycles. The molecular formula is C18H19NO6S. The maximum atomic E-state index is 11.9. The number of carbonyl (C=O) groups excluding carboxylic acids is 3. The van der Waals surface area contributed by atoms with Crippen LogP contribution in [0.25, 0.3) is 0 Å². The Bertz CT molecular complexity index is 814. The number of hydrogen-bond donors (Lipinski definition) is 1. The van der Waals surface area contributed by atoms with Crippen LogP contribution >= 0.6 is 11.3 Å². The number of Topliss-reactive ketones (excluding diaryl/α,β-unsaturated/α-hetero) is 1. The lowest BCUT2D eigenvalue weighted by molar-refractivity contribution is -0.124. The number of amides is 1. The van der Waals surface area contributed by atoms with Gasteiger partial charge in [-0.1, -0.05) is 6.07 Å². The van der Waals surface area contributed by atoms with Crippen molar-refractivity contribution < 1.29 is 28.6 Å². The van der Waals surface area contributed by atoms with Crippen LogP contribution in [-0.2, 0) is 16.1 Å². The molecule has 1 N–H and O–H groups in total. The molecule has 0 aliphatic rings. The second kappa shape index (κ2) is 9.00. The zero-order valence-electron chi connectivity index (χ0n) is 14.7. The van der Waals surface area contributed by atoms with Gasteiger partial charge in [-0.15, -0.1) is 11.3 Å². The summed E-state index contributed by atoms with van der Waals surface area (Å²) in [7, 11) is 3.07. The molecule has 0 fully saturated rings. The zero-order chi connectivity index (χ0) is 19.1. The summed E-state index contributed by atoms with van der Waals surface area (Å²) in [5.41, 5.74) is 0.812. The van der Waals surface area contributed by atoms with Crippen LogP contribution in [-0.4, -0.2) is 38.5 Å². The molecule has 0 aliphatic carbocycles. The van der Waals surface area contributed by atoms with Crippen molar-refractivity contribution in [3.63, 3.8) is 0 Å². The maximum Gasteiger partial charge on any atom is 0.348 e. The third-order valence-corrected chi connectivity index (χ3v) is 4.59. The molecule has 8 heteroatoms. The smallest absolute Gasteiger partial charge is 0.348 e. The number of ether oxygens (including phenoxy) is 3. The fourth-order valence-electron chi connectivity index (χ4n) is 2.08. The minimum Gasteiger partial charge on any atom is -0.493 e. The Morgan fingerprint density at radius 1 is 1.00 bits per heavy atom. The Kier molecular flexibility index (Phi) is 6.74. The van der Waals surface area contributed by atoms with Crippen LogP contribution in [0.5, 0.6) is 11.5 Å². The lowest BCUT2D eigenvalue weighted by atomic mass is 10.2. The minimum absolute atomic E-state index is 0.123. The van der Waals surface area contributed by atoms with Gasteiger partial charge in [0.15, 0.2) is 23.9 Å². The molecule has 0 saturated carbocycles. The van der Waals surface area contributed by atoms with Crippen LogP contribution in [0, 0.1) is 0 Å². The van der Waals surface area contributed by atoms with E-state index in [2.05, 4.69) is 5.32 Å². The lowest BCUT2D eigenvalue weighted by Gasteiger charge is -2.10. The van der Waals surface area contributed by atoms with Crippen molar-refractivity contribution in [2.24, 2.45) is 0 Å². The van der Waals surface area contributed by atoms with Gasteiger partial charge in [-0.2, -0.15) is 0 Å². The maximum absolute atomic E-state index is 11.9. The van der Waals surface area contributed by atoms with Crippen molar-refractivity contribution in [1.82, 2.24) is 5.32 Å². The number of thiophene rings is 1. The SMILES string of the molecule is COc1ccc(CNC(=O)COC(=O)c2ccc(C(C)=O)s2)cc1OC. The molecule has 0 atom stereocenters. The molecule has 0 spiro atoms. The molecule has 138 valence electrons. The van der Waals surface area contributed by atoms with Crippen molar-refractivity contribution in [2.75, 3.05) is 20.8 Å². The molecule has 2 rings (SSSR count). The van der Waals surface area contributed by atoms with Crippen LogP contribution in [0.15, 0.2) is 30.3 Å². The van der Waals surface area contributed by atoms with Crippen molar-refractivity contribution >= 4 is 29.0 Å². The van der Waals surface area contributed by atoms with E-state index in [-0.39, 0.29) is 17.2 Å². The van der Waals surface area contributed by atoms with Crippen LogP contribution in [0.2, 0.25) is 0 Å². The number of carbonyl (C=O) groups is 3. The van der Waals surface area contributed by atoms with Crippen molar-refractivity contribution in [3.05, 3.63) is 45.6 Å². The first kappa shape index (κ1) is 19.5. The van der Waals surface area contributed by atoms with E-state index < -0.39 is 18.5 Å². The fourth-order valence-corrected chi connectivity index (χ4v) is 2.88. The van der Waals surface area contributed by atoms with Gasteiger partial charge in [0, 0.05) is 6.54 Å². The average Bonchev–Trinajstić information content (AvgIpc) is 3.14. The summed E-state index contributed by atoms with van der Waals surface area (Å²) in [4.78, 5) is 35.7. The third-order valence-electron chi connectivity index (χ3n) is 3.43. The van der Waals surface area contributed by atoms with E-state index >= 15 is 0 Å². The third kappa shape index (κ3) is 5.06. The van der Waals surface area contributed by atoms with Gasteiger partial charge in [0.1, 0.15) is 4.88 Å². The van der Waals surface area contributed by atoms with Gasteiger partial charge in [-0.05, 0) is 36.8 Å². The molecule has 7 nitrogen and oxygen atoms in total. The van der Waals surface area contributed by atoms with E-state index in [4.69, 9.17) is 14.2 Å². The summed E-state index contributed by atoms with van der Waals surface area (Å²) < 4.78 is 15.3. The lowest BCUT2D eigenvalue weighted by Crippen LogP contribution is -2.28. The highest BCUT2D eigenvalue weighted by Gasteiger charge is 2.14. The zero-order valence-corrected chi connectivity index (χ0v) is 15.5. The van der Waals surface area contributed by atoms with Gasteiger partial charge in [0.2, 0.25) is 0 Å². The molecule has 0 saturated heterocycles. The summed E-state index contributed by atoms with van der Waals surface area (Å²) in [5.74, 6) is -0.0380. The number of nitrogens with one attached hydrogen (secondary N) is 1.